The minimum atomic E-state index is -0.997. The fourth-order valence-corrected chi connectivity index (χ4v) is 4.62. The minimum absolute atomic E-state index is 0.121. The zero-order chi connectivity index (χ0) is 19.8. The summed E-state index contributed by atoms with van der Waals surface area (Å²) in [6, 6.07) is 11.8. The molecule has 3 aromatic rings. The van der Waals surface area contributed by atoms with Gasteiger partial charge in [-0.3, -0.25) is 9.00 Å². The number of benzene rings is 2. The smallest absolute Gasteiger partial charge is 0.229 e. The summed E-state index contributed by atoms with van der Waals surface area (Å²) in [6.45, 7) is 4.04. The van der Waals surface area contributed by atoms with Crippen LogP contribution >= 0.6 is 0 Å². The second kappa shape index (κ2) is 7.31. The molecule has 1 aliphatic heterocycles. The minimum Gasteiger partial charge on any atom is -0.310 e. The second-order valence-corrected chi connectivity index (χ2v) is 8.44. The highest BCUT2D eigenvalue weighted by Gasteiger charge is 2.28. The standard InChI is InChI=1S/C21H20FN3O2S/c1-13-4-3-5-19(14(13)2)25-21(17-11-28(27)12-18(17)24-25)23-20(26)10-15-6-8-16(22)9-7-15/h3-9H,10-12H2,1-2H3,(H,23,26)/t28-/m0/s1. The van der Waals surface area contributed by atoms with Gasteiger partial charge in [-0.05, 0) is 48.7 Å². The Morgan fingerprint density at radius 2 is 1.93 bits per heavy atom. The third-order valence-corrected chi connectivity index (χ3v) is 6.22. The van der Waals surface area contributed by atoms with Crippen molar-refractivity contribution in [2.24, 2.45) is 0 Å². The number of amides is 1. The fourth-order valence-electron chi connectivity index (χ4n) is 3.36. The molecular weight excluding hydrogens is 377 g/mol. The molecule has 0 fully saturated rings. The maximum absolute atomic E-state index is 13.1. The number of carbonyl (C=O) groups is 1. The summed E-state index contributed by atoms with van der Waals surface area (Å²) in [4.78, 5) is 12.7. The van der Waals surface area contributed by atoms with Gasteiger partial charge in [0.15, 0.2) is 0 Å². The monoisotopic (exact) mass is 397 g/mol. The summed E-state index contributed by atoms with van der Waals surface area (Å²) >= 11 is 0. The van der Waals surface area contributed by atoms with Crippen LogP contribution in [0, 0.1) is 19.7 Å². The molecule has 1 N–H and O–H groups in total. The summed E-state index contributed by atoms with van der Waals surface area (Å²) in [6.07, 6.45) is 0.121. The molecule has 1 atom stereocenters. The van der Waals surface area contributed by atoms with E-state index in [4.69, 9.17) is 0 Å². The van der Waals surface area contributed by atoms with Crippen molar-refractivity contribution in [2.75, 3.05) is 5.32 Å². The van der Waals surface area contributed by atoms with Crippen molar-refractivity contribution < 1.29 is 13.4 Å². The van der Waals surface area contributed by atoms with Gasteiger partial charge in [-0.25, -0.2) is 9.07 Å². The number of hydrogen-bond donors (Lipinski definition) is 1. The quantitative estimate of drug-likeness (QED) is 0.732. The number of nitrogens with one attached hydrogen (secondary N) is 1. The Morgan fingerprint density at radius 3 is 2.68 bits per heavy atom. The molecule has 0 radical (unpaired) electrons. The van der Waals surface area contributed by atoms with Crippen molar-refractivity contribution in [3.8, 4) is 5.69 Å². The maximum Gasteiger partial charge on any atom is 0.229 e. The molecule has 2 heterocycles. The Balaban J connectivity index is 1.69. The SMILES string of the molecule is Cc1cccc(-n2nc3c(c2NC(=O)Cc2ccc(F)cc2)C[S@](=O)C3)c1C. The maximum atomic E-state index is 13.1. The molecule has 0 aliphatic carbocycles. The number of halogens is 1. The topological polar surface area (TPSA) is 64.0 Å². The van der Waals surface area contributed by atoms with Gasteiger partial charge in [0.2, 0.25) is 5.91 Å². The van der Waals surface area contributed by atoms with E-state index in [2.05, 4.69) is 10.4 Å². The van der Waals surface area contributed by atoms with E-state index in [0.717, 1.165) is 33.6 Å². The first-order valence-electron chi connectivity index (χ1n) is 8.99. The summed E-state index contributed by atoms with van der Waals surface area (Å²) in [7, 11) is -0.997. The third kappa shape index (κ3) is 3.49. The Kier molecular flexibility index (Phi) is 4.85. The Morgan fingerprint density at radius 1 is 1.18 bits per heavy atom. The lowest BCUT2D eigenvalue weighted by Crippen LogP contribution is -2.18. The van der Waals surface area contributed by atoms with Gasteiger partial charge in [-0.15, -0.1) is 0 Å². The molecule has 1 amide bonds. The van der Waals surface area contributed by atoms with Gasteiger partial charge in [-0.1, -0.05) is 24.3 Å². The molecular formula is C21H20FN3O2S. The summed E-state index contributed by atoms with van der Waals surface area (Å²) in [5.74, 6) is 0.790. The van der Waals surface area contributed by atoms with Crippen LogP contribution in [-0.2, 0) is 33.5 Å². The van der Waals surface area contributed by atoms with Gasteiger partial charge >= 0.3 is 0 Å². The van der Waals surface area contributed by atoms with Crippen LogP contribution in [0.3, 0.4) is 0 Å². The van der Waals surface area contributed by atoms with Crippen molar-refractivity contribution in [3.05, 3.63) is 76.2 Å². The first-order valence-corrected chi connectivity index (χ1v) is 10.5. The average molecular weight is 397 g/mol. The average Bonchev–Trinajstić information content (AvgIpc) is 3.16. The Labute approximate surface area is 165 Å². The lowest BCUT2D eigenvalue weighted by Gasteiger charge is -2.14. The molecule has 28 heavy (non-hydrogen) atoms. The summed E-state index contributed by atoms with van der Waals surface area (Å²) in [5.41, 5.74) is 5.39. The van der Waals surface area contributed by atoms with E-state index in [1.807, 2.05) is 32.0 Å². The van der Waals surface area contributed by atoms with Crippen LogP contribution in [0.1, 0.15) is 27.9 Å². The van der Waals surface area contributed by atoms with Crippen molar-refractivity contribution in [1.82, 2.24) is 9.78 Å². The summed E-state index contributed by atoms with van der Waals surface area (Å²) < 4.78 is 26.8. The van der Waals surface area contributed by atoms with E-state index < -0.39 is 10.8 Å². The molecule has 144 valence electrons. The molecule has 5 nitrogen and oxygen atoms in total. The lowest BCUT2D eigenvalue weighted by atomic mass is 10.1. The second-order valence-electron chi connectivity index (χ2n) is 6.98. The number of aryl methyl sites for hydroxylation is 1. The van der Waals surface area contributed by atoms with Gasteiger partial charge in [0.25, 0.3) is 0 Å². The van der Waals surface area contributed by atoms with Gasteiger partial charge in [0, 0.05) is 16.4 Å². The van der Waals surface area contributed by atoms with Crippen LogP contribution in [0.4, 0.5) is 10.2 Å². The van der Waals surface area contributed by atoms with Gasteiger partial charge in [0.1, 0.15) is 11.6 Å². The number of carbonyl (C=O) groups excluding carboxylic acids is 1. The number of anilines is 1. The van der Waals surface area contributed by atoms with E-state index >= 15 is 0 Å². The Hall–Kier alpha value is -2.80. The predicted octanol–water partition coefficient (Wildman–Crippen LogP) is 3.57. The van der Waals surface area contributed by atoms with E-state index in [0.29, 0.717) is 17.3 Å². The van der Waals surface area contributed by atoms with Gasteiger partial charge in [0.05, 0.1) is 29.3 Å². The number of fused-ring (bicyclic) bond motifs is 1. The third-order valence-electron chi connectivity index (χ3n) is 5.01. The molecule has 0 saturated heterocycles. The highest BCUT2D eigenvalue weighted by Crippen LogP contribution is 2.32. The Bertz CT molecular complexity index is 1090. The predicted molar refractivity (Wildman–Crippen MR) is 107 cm³/mol. The van der Waals surface area contributed by atoms with Crippen molar-refractivity contribution in [3.63, 3.8) is 0 Å². The van der Waals surface area contributed by atoms with E-state index in [9.17, 15) is 13.4 Å². The largest absolute Gasteiger partial charge is 0.310 e. The molecule has 7 heteroatoms. The molecule has 0 spiro atoms. The van der Waals surface area contributed by atoms with Crippen LogP contribution in [0.2, 0.25) is 0 Å². The van der Waals surface area contributed by atoms with Crippen LogP contribution in [0.15, 0.2) is 42.5 Å². The van der Waals surface area contributed by atoms with Crippen LogP contribution in [0.5, 0.6) is 0 Å². The first-order chi connectivity index (χ1) is 13.4. The number of aromatic nitrogens is 2. The number of rotatable bonds is 4. The molecule has 1 aliphatic rings. The zero-order valence-electron chi connectivity index (χ0n) is 15.7. The molecule has 1 aromatic heterocycles. The lowest BCUT2D eigenvalue weighted by molar-refractivity contribution is -0.115. The normalized spacial score (nSPS) is 15.5. The molecule has 4 rings (SSSR count). The van der Waals surface area contributed by atoms with Crippen LogP contribution in [0.25, 0.3) is 5.69 Å². The van der Waals surface area contributed by atoms with Gasteiger partial charge < -0.3 is 5.32 Å². The highest BCUT2D eigenvalue weighted by molar-refractivity contribution is 7.83. The van der Waals surface area contributed by atoms with Crippen molar-refractivity contribution in [2.45, 2.75) is 31.8 Å². The van der Waals surface area contributed by atoms with Crippen LogP contribution < -0.4 is 5.32 Å². The fraction of sp³-hybridized carbons (Fsp3) is 0.238. The van der Waals surface area contributed by atoms with Crippen LogP contribution in [-0.4, -0.2) is 19.9 Å². The van der Waals surface area contributed by atoms with Crippen molar-refractivity contribution in [1.29, 1.82) is 0 Å². The molecule has 0 saturated carbocycles. The molecule has 2 aromatic carbocycles. The molecule has 0 bridgehead atoms. The first kappa shape index (κ1) is 18.6. The highest BCUT2D eigenvalue weighted by atomic mass is 32.2. The number of hydrogen-bond acceptors (Lipinski definition) is 3. The zero-order valence-corrected chi connectivity index (χ0v) is 16.5. The molecule has 0 unspecified atom stereocenters. The van der Waals surface area contributed by atoms with E-state index in [1.165, 1.54) is 12.1 Å². The van der Waals surface area contributed by atoms with Crippen molar-refractivity contribution >= 4 is 22.5 Å². The summed E-state index contributed by atoms with van der Waals surface area (Å²) in [5, 5.41) is 7.60. The van der Waals surface area contributed by atoms with Gasteiger partial charge in [-0.2, -0.15) is 5.10 Å². The van der Waals surface area contributed by atoms with E-state index in [-0.39, 0.29) is 18.1 Å². The van der Waals surface area contributed by atoms with E-state index in [1.54, 1.807) is 16.8 Å². The number of nitrogens with zero attached hydrogens (tertiary/aromatic N) is 2.